The molecule has 0 spiro atoms. The van der Waals surface area contributed by atoms with E-state index in [-0.39, 0.29) is 6.04 Å². The number of hydrogen-bond acceptors (Lipinski definition) is 5. The molecule has 0 aromatic carbocycles. The van der Waals surface area contributed by atoms with Crippen molar-refractivity contribution in [2.24, 2.45) is 5.73 Å². The van der Waals surface area contributed by atoms with E-state index in [1.165, 1.54) is 16.5 Å². The van der Waals surface area contributed by atoms with Gasteiger partial charge in [-0.25, -0.2) is 4.98 Å². The molecule has 15 heavy (non-hydrogen) atoms. The molecule has 1 aliphatic heterocycles. The Morgan fingerprint density at radius 2 is 2.20 bits per heavy atom. The Hall–Kier alpha value is 0.290. The van der Waals surface area contributed by atoms with Gasteiger partial charge >= 0.3 is 0 Å². The molecule has 2 heterocycles. The lowest BCUT2D eigenvalue weighted by molar-refractivity contribution is 0.775. The molecule has 5 heteroatoms. The van der Waals surface area contributed by atoms with Gasteiger partial charge in [-0.3, -0.25) is 0 Å². The molecular formula is C10H16N2S3. The van der Waals surface area contributed by atoms with Crippen molar-refractivity contribution in [3.8, 4) is 0 Å². The number of aromatic nitrogens is 1. The van der Waals surface area contributed by atoms with Crippen molar-refractivity contribution >= 4 is 34.9 Å². The number of thioether (sulfide) groups is 2. The summed E-state index contributed by atoms with van der Waals surface area (Å²) in [6, 6.07) is 0.0616. The smallest absolute Gasteiger partial charge is 0.107 e. The van der Waals surface area contributed by atoms with Crippen LogP contribution in [0.1, 0.15) is 35.8 Å². The quantitative estimate of drug-likeness (QED) is 0.887. The van der Waals surface area contributed by atoms with Crippen LogP contribution in [0, 0.1) is 0 Å². The standard InChI is InChI=1S/C10H16N2S3/c1-6(11)8-5-15-10(12-8)9-7(2)13-3-4-14-9/h5-7,9H,3-4,11H2,1-2H3. The van der Waals surface area contributed by atoms with Crippen LogP contribution in [0.15, 0.2) is 5.38 Å². The molecule has 0 amide bonds. The molecular weight excluding hydrogens is 244 g/mol. The summed E-state index contributed by atoms with van der Waals surface area (Å²) in [6.45, 7) is 4.29. The Kier molecular flexibility index (Phi) is 3.98. The summed E-state index contributed by atoms with van der Waals surface area (Å²) in [4.78, 5) is 4.64. The van der Waals surface area contributed by atoms with Crippen LogP contribution in [0.2, 0.25) is 0 Å². The molecule has 3 unspecified atom stereocenters. The van der Waals surface area contributed by atoms with Crippen molar-refractivity contribution in [1.82, 2.24) is 4.98 Å². The molecule has 1 aromatic heterocycles. The lowest BCUT2D eigenvalue weighted by Crippen LogP contribution is -2.16. The minimum Gasteiger partial charge on any atom is -0.323 e. The maximum Gasteiger partial charge on any atom is 0.107 e. The number of hydrogen-bond donors (Lipinski definition) is 1. The lowest BCUT2D eigenvalue weighted by atomic mass is 10.3. The number of nitrogens with two attached hydrogens (primary N) is 1. The summed E-state index contributed by atoms with van der Waals surface area (Å²) >= 11 is 5.85. The predicted octanol–water partition coefficient (Wildman–Crippen LogP) is 3.07. The molecule has 0 aliphatic carbocycles. The van der Waals surface area contributed by atoms with Crippen molar-refractivity contribution in [3.63, 3.8) is 0 Å². The first-order valence-electron chi connectivity index (χ1n) is 5.12. The van der Waals surface area contributed by atoms with E-state index < -0.39 is 0 Å². The molecule has 1 saturated heterocycles. The van der Waals surface area contributed by atoms with E-state index >= 15 is 0 Å². The maximum absolute atomic E-state index is 5.82. The van der Waals surface area contributed by atoms with Crippen LogP contribution >= 0.6 is 34.9 Å². The average molecular weight is 260 g/mol. The molecule has 0 saturated carbocycles. The fourth-order valence-corrected chi connectivity index (χ4v) is 5.64. The molecule has 2 N–H and O–H groups in total. The van der Waals surface area contributed by atoms with E-state index in [4.69, 9.17) is 5.73 Å². The van der Waals surface area contributed by atoms with Crippen molar-refractivity contribution in [2.75, 3.05) is 11.5 Å². The molecule has 3 atom stereocenters. The summed E-state index contributed by atoms with van der Waals surface area (Å²) in [5.74, 6) is 2.51. The summed E-state index contributed by atoms with van der Waals surface area (Å²) in [7, 11) is 0. The van der Waals surface area contributed by atoms with Crippen LogP contribution in [0.3, 0.4) is 0 Å². The zero-order valence-electron chi connectivity index (χ0n) is 8.97. The van der Waals surface area contributed by atoms with Gasteiger partial charge < -0.3 is 5.73 Å². The SMILES string of the molecule is CC(N)c1csc(C2SCCSC2C)n1. The summed E-state index contributed by atoms with van der Waals surface area (Å²) < 4.78 is 0. The number of rotatable bonds is 2. The first kappa shape index (κ1) is 11.8. The van der Waals surface area contributed by atoms with Crippen LogP contribution in [0.4, 0.5) is 0 Å². The van der Waals surface area contributed by atoms with Crippen LogP contribution < -0.4 is 5.73 Å². The summed E-state index contributed by atoms with van der Waals surface area (Å²) in [6.07, 6.45) is 0. The zero-order chi connectivity index (χ0) is 10.8. The van der Waals surface area contributed by atoms with Gasteiger partial charge in [-0.05, 0) is 6.92 Å². The Balaban J connectivity index is 2.13. The fourth-order valence-electron chi connectivity index (χ4n) is 1.54. The first-order valence-corrected chi connectivity index (χ1v) is 8.10. The predicted molar refractivity (Wildman–Crippen MR) is 71.8 cm³/mol. The monoisotopic (exact) mass is 260 g/mol. The van der Waals surface area contributed by atoms with Crippen molar-refractivity contribution < 1.29 is 0 Å². The van der Waals surface area contributed by atoms with Crippen LogP contribution in [0.5, 0.6) is 0 Å². The molecule has 1 aliphatic rings. The van der Waals surface area contributed by atoms with Gasteiger partial charge in [0.25, 0.3) is 0 Å². The van der Waals surface area contributed by atoms with E-state index in [1.807, 2.05) is 18.7 Å². The third kappa shape index (κ3) is 2.70. The number of thiazole rings is 1. The number of nitrogens with zero attached hydrogens (tertiary/aromatic N) is 1. The first-order chi connectivity index (χ1) is 7.18. The average Bonchev–Trinajstić information content (AvgIpc) is 2.67. The Morgan fingerprint density at radius 3 is 2.80 bits per heavy atom. The van der Waals surface area contributed by atoms with E-state index in [2.05, 4.69) is 29.0 Å². The zero-order valence-corrected chi connectivity index (χ0v) is 11.4. The van der Waals surface area contributed by atoms with E-state index in [9.17, 15) is 0 Å². The molecule has 0 radical (unpaired) electrons. The van der Waals surface area contributed by atoms with Gasteiger partial charge in [0.2, 0.25) is 0 Å². The molecule has 2 nitrogen and oxygen atoms in total. The molecule has 0 bridgehead atoms. The topological polar surface area (TPSA) is 38.9 Å². The fraction of sp³-hybridized carbons (Fsp3) is 0.700. The third-order valence-corrected chi connectivity index (χ3v) is 6.63. The molecule has 2 rings (SSSR count). The Morgan fingerprint density at radius 1 is 1.47 bits per heavy atom. The highest BCUT2D eigenvalue weighted by Crippen LogP contribution is 2.43. The largest absolute Gasteiger partial charge is 0.323 e. The van der Waals surface area contributed by atoms with Gasteiger partial charge in [0.15, 0.2) is 0 Å². The van der Waals surface area contributed by atoms with Gasteiger partial charge in [-0.1, -0.05) is 6.92 Å². The van der Waals surface area contributed by atoms with Crippen molar-refractivity contribution in [1.29, 1.82) is 0 Å². The highest BCUT2D eigenvalue weighted by Gasteiger charge is 2.26. The van der Waals surface area contributed by atoms with Gasteiger partial charge in [0, 0.05) is 28.2 Å². The molecule has 1 fully saturated rings. The molecule has 1 aromatic rings. The second-order valence-electron chi connectivity index (χ2n) is 3.77. The maximum atomic E-state index is 5.82. The van der Waals surface area contributed by atoms with Gasteiger partial charge in [0.1, 0.15) is 5.01 Å². The minimum atomic E-state index is 0.0616. The lowest BCUT2D eigenvalue weighted by Gasteiger charge is -2.25. The van der Waals surface area contributed by atoms with Crippen LogP contribution in [-0.2, 0) is 0 Å². The van der Waals surface area contributed by atoms with Gasteiger partial charge in [0.05, 0.1) is 10.9 Å². The summed E-state index contributed by atoms with van der Waals surface area (Å²) in [5.41, 5.74) is 6.86. The highest BCUT2D eigenvalue weighted by molar-refractivity contribution is 8.06. The van der Waals surface area contributed by atoms with Crippen molar-refractivity contribution in [2.45, 2.75) is 30.4 Å². The second-order valence-corrected chi connectivity index (χ2v) is 7.39. The summed E-state index contributed by atoms with van der Waals surface area (Å²) in [5, 5.41) is 4.61. The Bertz CT molecular complexity index is 324. The van der Waals surface area contributed by atoms with Crippen LogP contribution in [-0.4, -0.2) is 21.7 Å². The highest BCUT2D eigenvalue weighted by atomic mass is 32.2. The normalized spacial score (nSPS) is 29.0. The van der Waals surface area contributed by atoms with E-state index in [0.29, 0.717) is 10.5 Å². The second kappa shape index (κ2) is 5.08. The van der Waals surface area contributed by atoms with Crippen molar-refractivity contribution in [3.05, 3.63) is 16.1 Å². The third-order valence-electron chi connectivity index (χ3n) is 2.44. The van der Waals surface area contributed by atoms with Gasteiger partial charge in [-0.2, -0.15) is 11.8 Å². The van der Waals surface area contributed by atoms with Crippen LogP contribution in [0.25, 0.3) is 0 Å². The van der Waals surface area contributed by atoms with E-state index in [1.54, 1.807) is 11.3 Å². The van der Waals surface area contributed by atoms with E-state index in [0.717, 1.165) is 5.69 Å². The van der Waals surface area contributed by atoms with Gasteiger partial charge in [-0.15, -0.1) is 23.1 Å². The minimum absolute atomic E-state index is 0.0616. The Labute approximate surface area is 103 Å². The molecule has 84 valence electrons.